The zero-order valence-corrected chi connectivity index (χ0v) is 8.21. The summed E-state index contributed by atoms with van der Waals surface area (Å²) < 4.78 is 1.73. The van der Waals surface area contributed by atoms with Gasteiger partial charge in [0.25, 0.3) is 0 Å². The molecular formula is C11H10N2O2. The second kappa shape index (κ2) is 3.57. The molecule has 2 heterocycles. The first-order valence-corrected chi connectivity index (χ1v) is 4.53. The highest BCUT2D eigenvalue weighted by Crippen LogP contribution is 2.13. The molecule has 0 amide bonds. The second-order valence-electron chi connectivity index (χ2n) is 3.25. The molecule has 0 aliphatic heterocycles. The van der Waals surface area contributed by atoms with Gasteiger partial charge in [-0.1, -0.05) is 6.07 Å². The van der Waals surface area contributed by atoms with E-state index in [2.05, 4.69) is 5.10 Å². The zero-order chi connectivity index (χ0) is 10.8. The minimum absolute atomic E-state index is 0.848. The van der Waals surface area contributed by atoms with Gasteiger partial charge >= 0.3 is 5.97 Å². The van der Waals surface area contributed by atoms with Crippen molar-refractivity contribution in [3.05, 3.63) is 41.7 Å². The van der Waals surface area contributed by atoms with E-state index in [1.54, 1.807) is 10.6 Å². The molecule has 0 unspecified atom stereocenters. The first-order valence-electron chi connectivity index (χ1n) is 4.53. The van der Waals surface area contributed by atoms with Crippen molar-refractivity contribution in [1.82, 2.24) is 9.61 Å². The van der Waals surface area contributed by atoms with Gasteiger partial charge in [-0.3, -0.25) is 0 Å². The average Bonchev–Trinajstić information content (AvgIpc) is 2.55. The fourth-order valence-corrected chi connectivity index (χ4v) is 1.46. The maximum Gasteiger partial charge on any atom is 0.328 e. The molecule has 0 aliphatic carbocycles. The number of carbonyl (C=O) groups is 1. The lowest BCUT2D eigenvalue weighted by atomic mass is 10.2. The minimum Gasteiger partial charge on any atom is -0.478 e. The molecule has 4 heteroatoms. The van der Waals surface area contributed by atoms with E-state index in [4.69, 9.17) is 5.11 Å². The van der Waals surface area contributed by atoms with Crippen LogP contribution in [0.1, 0.15) is 11.3 Å². The van der Waals surface area contributed by atoms with E-state index in [1.165, 1.54) is 0 Å². The number of aryl methyl sites for hydroxylation is 1. The van der Waals surface area contributed by atoms with E-state index in [0.29, 0.717) is 0 Å². The molecule has 2 aromatic heterocycles. The van der Waals surface area contributed by atoms with Gasteiger partial charge in [-0.15, -0.1) is 0 Å². The Morgan fingerprint density at radius 1 is 1.60 bits per heavy atom. The average molecular weight is 202 g/mol. The lowest BCUT2D eigenvalue weighted by molar-refractivity contribution is -0.131. The highest BCUT2D eigenvalue weighted by Gasteiger charge is 2.00. The van der Waals surface area contributed by atoms with Crippen LogP contribution >= 0.6 is 0 Å². The fourth-order valence-electron chi connectivity index (χ4n) is 1.46. The standard InChI is InChI=1S/C11H10N2O2/c1-8-7-10-9(4-5-11(14)15)3-2-6-13(10)12-8/h2-7H,1H3,(H,14,15)/b5-4+. The predicted molar refractivity (Wildman–Crippen MR) is 56.6 cm³/mol. The van der Waals surface area contributed by atoms with E-state index >= 15 is 0 Å². The molecule has 2 aromatic rings. The molecule has 0 fully saturated rings. The number of nitrogens with zero attached hydrogens (tertiary/aromatic N) is 2. The quantitative estimate of drug-likeness (QED) is 0.754. The van der Waals surface area contributed by atoms with Gasteiger partial charge in [-0.2, -0.15) is 5.10 Å². The van der Waals surface area contributed by atoms with Crippen LogP contribution in [0.15, 0.2) is 30.5 Å². The van der Waals surface area contributed by atoms with Crippen LogP contribution in [0.2, 0.25) is 0 Å². The van der Waals surface area contributed by atoms with Gasteiger partial charge in [-0.05, 0) is 25.1 Å². The Balaban J connectivity index is 2.55. The summed E-state index contributed by atoms with van der Waals surface area (Å²) >= 11 is 0. The number of hydrogen-bond donors (Lipinski definition) is 1. The van der Waals surface area contributed by atoms with Gasteiger partial charge in [0.2, 0.25) is 0 Å². The van der Waals surface area contributed by atoms with E-state index in [9.17, 15) is 4.79 Å². The van der Waals surface area contributed by atoms with Crippen LogP contribution in [0.25, 0.3) is 11.6 Å². The molecule has 0 aliphatic rings. The molecule has 2 rings (SSSR count). The monoisotopic (exact) mass is 202 g/mol. The third kappa shape index (κ3) is 1.88. The first-order chi connectivity index (χ1) is 7.16. The summed E-state index contributed by atoms with van der Waals surface area (Å²) in [5.74, 6) is -0.951. The molecule has 0 aromatic carbocycles. The molecule has 0 bridgehead atoms. The van der Waals surface area contributed by atoms with Crippen LogP contribution in [-0.2, 0) is 4.79 Å². The van der Waals surface area contributed by atoms with Gasteiger partial charge < -0.3 is 5.11 Å². The lowest BCUT2D eigenvalue weighted by Crippen LogP contribution is -1.89. The third-order valence-corrected chi connectivity index (χ3v) is 2.06. The summed E-state index contributed by atoms with van der Waals surface area (Å²) in [5, 5.41) is 12.8. The Morgan fingerprint density at radius 2 is 2.40 bits per heavy atom. The van der Waals surface area contributed by atoms with Crippen molar-refractivity contribution >= 4 is 17.6 Å². The van der Waals surface area contributed by atoms with Crippen LogP contribution in [0.4, 0.5) is 0 Å². The number of rotatable bonds is 2. The van der Waals surface area contributed by atoms with Crippen LogP contribution in [0.5, 0.6) is 0 Å². The summed E-state index contributed by atoms with van der Waals surface area (Å²) in [6.07, 6.45) is 4.52. The Morgan fingerprint density at radius 3 is 3.13 bits per heavy atom. The molecule has 1 N–H and O–H groups in total. The maximum absolute atomic E-state index is 10.4. The smallest absolute Gasteiger partial charge is 0.328 e. The molecule has 0 saturated carbocycles. The van der Waals surface area contributed by atoms with Crippen molar-refractivity contribution in [2.75, 3.05) is 0 Å². The molecule has 0 saturated heterocycles. The number of fused-ring (bicyclic) bond motifs is 1. The van der Waals surface area contributed by atoms with Crippen molar-refractivity contribution in [2.45, 2.75) is 6.92 Å². The molecule has 76 valence electrons. The van der Waals surface area contributed by atoms with Crippen molar-refractivity contribution in [3.8, 4) is 0 Å². The van der Waals surface area contributed by atoms with Crippen LogP contribution < -0.4 is 0 Å². The Hall–Kier alpha value is -2.10. The van der Waals surface area contributed by atoms with Crippen molar-refractivity contribution in [3.63, 3.8) is 0 Å². The summed E-state index contributed by atoms with van der Waals surface area (Å²) in [4.78, 5) is 10.4. The lowest BCUT2D eigenvalue weighted by Gasteiger charge is -1.96. The molecule has 0 spiro atoms. The van der Waals surface area contributed by atoms with Crippen LogP contribution in [-0.4, -0.2) is 20.7 Å². The summed E-state index contributed by atoms with van der Waals surface area (Å²) in [5.41, 5.74) is 2.67. The van der Waals surface area contributed by atoms with Crippen LogP contribution in [0.3, 0.4) is 0 Å². The Labute approximate surface area is 86.5 Å². The fraction of sp³-hybridized carbons (Fsp3) is 0.0909. The Kier molecular flexibility index (Phi) is 2.25. The van der Waals surface area contributed by atoms with E-state index < -0.39 is 5.97 Å². The molecule has 0 atom stereocenters. The molecule has 15 heavy (non-hydrogen) atoms. The number of carboxylic acid groups (broad SMARTS) is 1. The number of hydrogen-bond acceptors (Lipinski definition) is 2. The van der Waals surface area contributed by atoms with Crippen molar-refractivity contribution in [2.24, 2.45) is 0 Å². The maximum atomic E-state index is 10.4. The highest BCUT2D eigenvalue weighted by molar-refractivity contribution is 5.87. The van der Waals surface area contributed by atoms with Gasteiger partial charge in [0.05, 0.1) is 11.2 Å². The second-order valence-corrected chi connectivity index (χ2v) is 3.25. The topological polar surface area (TPSA) is 54.6 Å². The largest absolute Gasteiger partial charge is 0.478 e. The van der Waals surface area contributed by atoms with Gasteiger partial charge in [0, 0.05) is 17.8 Å². The van der Waals surface area contributed by atoms with E-state index in [1.807, 2.05) is 31.3 Å². The zero-order valence-electron chi connectivity index (χ0n) is 8.21. The molecule has 4 nitrogen and oxygen atoms in total. The van der Waals surface area contributed by atoms with Crippen molar-refractivity contribution in [1.29, 1.82) is 0 Å². The number of aromatic nitrogens is 2. The van der Waals surface area contributed by atoms with Gasteiger partial charge in [-0.25, -0.2) is 9.31 Å². The summed E-state index contributed by atoms with van der Waals surface area (Å²) in [6, 6.07) is 5.61. The van der Waals surface area contributed by atoms with E-state index in [-0.39, 0.29) is 0 Å². The predicted octanol–water partition coefficient (Wildman–Crippen LogP) is 1.74. The molecule has 0 radical (unpaired) electrons. The third-order valence-electron chi connectivity index (χ3n) is 2.06. The number of aliphatic carboxylic acids is 1. The summed E-state index contributed by atoms with van der Waals surface area (Å²) in [7, 11) is 0. The first kappa shape index (κ1) is 9.45. The number of pyridine rings is 1. The normalized spacial score (nSPS) is 11.3. The molecular weight excluding hydrogens is 192 g/mol. The Bertz CT molecular complexity index is 541. The number of carboxylic acids is 1. The minimum atomic E-state index is -0.951. The van der Waals surface area contributed by atoms with Crippen LogP contribution in [0, 0.1) is 6.92 Å². The van der Waals surface area contributed by atoms with Gasteiger partial charge in [0.1, 0.15) is 0 Å². The summed E-state index contributed by atoms with van der Waals surface area (Å²) in [6.45, 7) is 1.90. The van der Waals surface area contributed by atoms with E-state index in [0.717, 1.165) is 22.9 Å². The highest BCUT2D eigenvalue weighted by atomic mass is 16.4. The SMILES string of the molecule is Cc1cc2c(/C=C/C(=O)O)cccn2n1. The van der Waals surface area contributed by atoms with Gasteiger partial charge in [0.15, 0.2) is 0 Å². The van der Waals surface area contributed by atoms with Crippen molar-refractivity contribution < 1.29 is 9.90 Å².